The van der Waals surface area contributed by atoms with Gasteiger partial charge in [-0.05, 0) is 69.7 Å². The van der Waals surface area contributed by atoms with Gasteiger partial charge >= 0.3 is 5.63 Å². The maximum Gasteiger partial charge on any atom is 0.340 e. The van der Waals surface area contributed by atoms with Gasteiger partial charge in [0.25, 0.3) is 0 Å². The molecule has 1 aromatic carbocycles. The second-order valence-corrected chi connectivity index (χ2v) is 7.76. The molecule has 2 aromatic heterocycles. The van der Waals surface area contributed by atoms with Crippen molar-refractivity contribution in [2.45, 2.75) is 59.8 Å². The number of carbonyl (C=O) groups is 2. The SMILES string of the molecule is Cc1oc2c(c(C)cc3oc(=O)c(CC(=O)NCCCCCC(=O)[O-])c(C)c32)c1C. The Hall–Kier alpha value is -3.09. The summed E-state index contributed by atoms with van der Waals surface area (Å²) < 4.78 is 11.5. The van der Waals surface area contributed by atoms with Crippen LogP contribution in [0.4, 0.5) is 0 Å². The summed E-state index contributed by atoms with van der Waals surface area (Å²) in [4.78, 5) is 35.3. The standard InChI is InChI=1S/C23H27NO6/c1-12-10-17-21(22-20(12)13(2)15(4)29-22)14(3)16(23(28)30-17)11-18(25)24-9-7-5-6-8-19(26)27/h10H,5-9,11H2,1-4H3,(H,24,25)(H,26,27)/p-1. The number of nitrogens with one attached hydrogen (secondary N) is 1. The predicted octanol–water partition coefficient (Wildman–Crippen LogP) is 2.74. The number of aryl methyl sites for hydroxylation is 4. The van der Waals surface area contributed by atoms with E-state index < -0.39 is 11.6 Å². The Morgan fingerprint density at radius 1 is 1.00 bits per heavy atom. The van der Waals surface area contributed by atoms with Crippen LogP contribution in [0, 0.1) is 27.7 Å². The van der Waals surface area contributed by atoms with Crippen LogP contribution in [-0.2, 0) is 16.0 Å². The predicted molar refractivity (Wildman–Crippen MR) is 111 cm³/mol. The third kappa shape index (κ3) is 4.25. The van der Waals surface area contributed by atoms with Gasteiger partial charge in [0.15, 0.2) is 0 Å². The molecule has 0 saturated heterocycles. The molecule has 0 bridgehead atoms. The lowest BCUT2D eigenvalue weighted by Gasteiger charge is -2.10. The number of furan rings is 1. The van der Waals surface area contributed by atoms with Crippen molar-refractivity contribution >= 4 is 33.8 Å². The number of fused-ring (bicyclic) bond motifs is 3. The lowest BCUT2D eigenvalue weighted by atomic mass is 9.98. The average Bonchev–Trinajstić information content (AvgIpc) is 2.96. The Morgan fingerprint density at radius 2 is 1.73 bits per heavy atom. The first-order valence-corrected chi connectivity index (χ1v) is 10.1. The molecule has 0 fully saturated rings. The minimum absolute atomic E-state index is 0.0188. The van der Waals surface area contributed by atoms with Gasteiger partial charge in [-0.1, -0.05) is 6.42 Å². The molecule has 1 N–H and O–H groups in total. The first-order valence-electron chi connectivity index (χ1n) is 10.1. The summed E-state index contributed by atoms with van der Waals surface area (Å²) in [6.07, 6.45) is 1.79. The van der Waals surface area contributed by atoms with Gasteiger partial charge in [0, 0.05) is 17.9 Å². The fourth-order valence-electron chi connectivity index (χ4n) is 3.86. The van der Waals surface area contributed by atoms with E-state index in [-0.39, 0.29) is 18.7 Å². The molecule has 160 valence electrons. The van der Waals surface area contributed by atoms with Crippen LogP contribution in [-0.4, -0.2) is 18.4 Å². The van der Waals surface area contributed by atoms with Crippen molar-refractivity contribution in [1.29, 1.82) is 0 Å². The molecular formula is C23H26NO6-. The smallest absolute Gasteiger partial charge is 0.340 e. The van der Waals surface area contributed by atoms with Crippen LogP contribution in [0.3, 0.4) is 0 Å². The number of aliphatic carboxylic acids is 1. The molecule has 1 amide bonds. The fourth-order valence-corrected chi connectivity index (χ4v) is 3.86. The molecule has 3 rings (SSSR count). The van der Waals surface area contributed by atoms with Crippen LogP contribution in [0.25, 0.3) is 21.9 Å². The van der Waals surface area contributed by atoms with E-state index in [1.807, 2.05) is 33.8 Å². The van der Waals surface area contributed by atoms with E-state index in [9.17, 15) is 19.5 Å². The number of hydrogen-bond acceptors (Lipinski definition) is 6. The highest BCUT2D eigenvalue weighted by Crippen LogP contribution is 2.36. The van der Waals surface area contributed by atoms with E-state index in [0.29, 0.717) is 48.1 Å². The number of carboxylic acids is 1. The number of amides is 1. The van der Waals surface area contributed by atoms with Gasteiger partial charge in [0.05, 0.1) is 17.4 Å². The second kappa shape index (κ2) is 8.73. The first-order chi connectivity index (χ1) is 14.2. The van der Waals surface area contributed by atoms with Gasteiger partial charge in [-0.25, -0.2) is 4.79 Å². The van der Waals surface area contributed by atoms with Gasteiger partial charge in [-0.2, -0.15) is 0 Å². The van der Waals surface area contributed by atoms with Gasteiger partial charge in [0.2, 0.25) is 5.91 Å². The van der Waals surface area contributed by atoms with Crippen LogP contribution in [0.1, 0.15) is 53.7 Å². The molecule has 30 heavy (non-hydrogen) atoms. The largest absolute Gasteiger partial charge is 0.550 e. The van der Waals surface area contributed by atoms with E-state index in [2.05, 4.69) is 5.32 Å². The molecule has 0 aliphatic rings. The van der Waals surface area contributed by atoms with Gasteiger partial charge in [-0.3, -0.25) is 4.79 Å². The Balaban J connectivity index is 1.83. The monoisotopic (exact) mass is 412 g/mol. The van der Waals surface area contributed by atoms with Crippen LogP contribution in [0.5, 0.6) is 0 Å². The summed E-state index contributed by atoms with van der Waals surface area (Å²) >= 11 is 0. The summed E-state index contributed by atoms with van der Waals surface area (Å²) in [5.74, 6) is -0.534. The summed E-state index contributed by atoms with van der Waals surface area (Å²) in [6, 6.07) is 1.84. The number of carbonyl (C=O) groups excluding carboxylic acids is 2. The Morgan fingerprint density at radius 3 is 2.43 bits per heavy atom. The van der Waals surface area contributed by atoms with E-state index in [0.717, 1.165) is 27.7 Å². The lowest BCUT2D eigenvalue weighted by molar-refractivity contribution is -0.305. The molecule has 0 radical (unpaired) electrons. The maximum absolute atomic E-state index is 12.5. The molecule has 7 nitrogen and oxygen atoms in total. The Labute approximate surface area is 174 Å². The molecule has 0 atom stereocenters. The fraction of sp³-hybridized carbons (Fsp3) is 0.435. The van der Waals surface area contributed by atoms with Crippen LogP contribution < -0.4 is 16.0 Å². The highest BCUT2D eigenvalue weighted by atomic mass is 16.4. The molecule has 0 aliphatic heterocycles. The Bertz CT molecular complexity index is 1180. The Kier molecular flexibility index (Phi) is 6.29. The summed E-state index contributed by atoms with van der Waals surface area (Å²) in [6.45, 7) is 8.08. The molecule has 2 heterocycles. The summed E-state index contributed by atoms with van der Waals surface area (Å²) in [7, 11) is 0. The molecular weight excluding hydrogens is 386 g/mol. The van der Waals surface area contributed by atoms with Crippen molar-refractivity contribution in [3.63, 3.8) is 0 Å². The molecule has 7 heteroatoms. The van der Waals surface area contributed by atoms with Crippen LogP contribution in [0.15, 0.2) is 19.7 Å². The number of unbranched alkanes of at least 4 members (excludes halogenated alkanes) is 2. The lowest BCUT2D eigenvalue weighted by Crippen LogP contribution is -2.28. The van der Waals surface area contributed by atoms with Crippen molar-refractivity contribution in [3.8, 4) is 0 Å². The van der Waals surface area contributed by atoms with Crippen LogP contribution >= 0.6 is 0 Å². The molecule has 0 spiro atoms. The van der Waals surface area contributed by atoms with Crippen molar-refractivity contribution in [3.05, 3.63) is 44.5 Å². The number of carboxylic acid groups (broad SMARTS) is 1. The zero-order valence-corrected chi connectivity index (χ0v) is 17.8. The van der Waals surface area contributed by atoms with E-state index in [1.165, 1.54) is 0 Å². The van der Waals surface area contributed by atoms with Crippen molar-refractivity contribution in [2.75, 3.05) is 6.54 Å². The van der Waals surface area contributed by atoms with E-state index in [4.69, 9.17) is 8.83 Å². The highest BCUT2D eigenvalue weighted by Gasteiger charge is 2.21. The zero-order chi connectivity index (χ0) is 22.0. The normalized spacial score (nSPS) is 11.3. The van der Waals surface area contributed by atoms with Gasteiger partial charge < -0.3 is 24.1 Å². The minimum Gasteiger partial charge on any atom is -0.550 e. The molecule has 0 unspecified atom stereocenters. The van der Waals surface area contributed by atoms with Crippen LogP contribution in [0.2, 0.25) is 0 Å². The van der Waals surface area contributed by atoms with Gasteiger partial charge in [0.1, 0.15) is 16.9 Å². The summed E-state index contributed by atoms with van der Waals surface area (Å²) in [5, 5.41) is 14.9. The summed E-state index contributed by atoms with van der Waals surface area (Å²) in [5.41, 5.74) is 3.62. The number of rotatable bonds is 8. The number of hydrogen-bond donors (Lipinski definition) is 1. The maximum atomic E-state index is 12.5. The van der Waals surface area contributed by atoms with Crippen molar-refractivity contribution < 1.29 is 23.5 Å². The average molecular weight is 412 g/mol. The third-order valence-electron chi connectivity index (χ3n) is 5.59. The quantitative estimate of drug-likeness (QED) is 0.450. The topological polar surface area (TPSA) is 113 Å². The van der Waals surface area contributed by atoms with E-state index >= 15 is 0 Å². The zero-order valence-electron chi connectivity index (χ0n) is 17.8. The minimum atomic E-state index is -1.07. The van der Waals surface area contributed by atoms with E-state index in [1.54, 1.807) is 0 Å². The van der Waals surface area contributed by atoms with Crippen molar-refractivity contribution in [2.24, 2.45) is 0 Å². The molecule has 3 aromatic rings. The number of benzene rings is 1. The third-order valence-corrected chi connectivity index (χ3v) is 5.59. The molecule has 0 aliphatic carbocycles. The van der Waals surface area contributed by atoms with Crippen molar-refractivity contribution in [1.82, 2.24) is 5.32 Å². The first kappa shape index (κ1) is 21.6. The van der Waals surface area contributed by atoms with Gasteiger partial charge in [-0.15, -0.1) is 0 Å². The highest BCUT2D eigenvalue weighted by molar-refractivity contribution is 6.07. The second-order valence-electron chi connectivity index (χ2n) is 7.76. The molecule has 0 saturated carbocycles.